The molecule has 0 spiro atoms. The Morgan fingerprint density at radius 1 is 1.35 bits per heavy atom. The maximum Gasteiger partial charge on any atom is 0.228 e. The van der Waals surface area contributed by atoms with E-state index in [-0.39, 0.29) is 35.9 Å². The lowest BCUT2D eigenvalue weighted by Crippen LogP contribution is -2.34. The molecule has 1 fully saturated rings. The maximum atomic E-state index is 13.8. The second-order valence-electron chi connectivity index (χ2n) is 4.75. The first-order valence-electron chi connectivity index (χ1n) is 6.40. The minimum absolute atomic E-state index is 0. The molecule has 1 amide bonds. The van der Waals surface area contributed by atoms with Crippen LogP contribution in [0.2, 0.25) is 0 Å². The highest BCUT2D eigenvalue weighted by atomic mass is 35.5. The highest BCUT2D eigenvalue weighted by Gasteiger charge is 2.22. The predicted molar refractivity (Wildman–Crippen MR) is 77.5 cm³/mol. The van der Waals surface area contributed by atoms with E-state index >= 15 is 0 Å². The third-order valence-electron chi connectivity index (χ3n) is 3.49. The molecule has 0 unspecified atom stereocenters. The Kier molecular flexibility index (Phi) is 4.57. The number of rotatable bonds is 2. The summed E-state index contributed by atoms with van der Waals surface area (Å²) in [6, 6.07) is 4.69. The first-order chi connectivity index (χ1) is 9.25. The third kappa shape index (κ3) is 2.76. The van der Waals surface area contributed by atoms with Gasteiger partial charge in [-0.25, -0.2) is 4.39 Å². The Morgan fingerprint density at radius 3 is 2.85 bits per heavy atom. The molecule has 1 aromatic heterocycles. The van der Waals surface area contributed by atoms with Gasteiger partial charge in [0.2, 0.25) is 5.91 Å². The van der Waals surface area contributed by atoms with Gasteiger partial charge in [-0.15, -0.1) is 12.4 Å². The van der Waals surface area contributed by atoms with Crippen molar-refractivity contribution in [2.24, 2.45) is 5.92 Å². The predicted octanol–water partition coefficient (Wildman–Crippen LogP) is 2.06. The Bertz CT molecular complexity index is 609. The molecule has 0 saturated carbocycles. The van der Waals surface area contributed by atoms with Crippen LogP contribution in [0, 0.1) is 11.7 Å². The number of hydrogen-bond donors (Lipinski definition) is 3. The van der Waals surface area contributed by atoms with Crippen LogP contribution in [-0.4, -0.2) is 29.2 Å². The average molecular weight is 299 g/mol. The van der Waals surface area contributed by atoms with Crippen LogP contribution in [0.5, 0.6) is 0 Å². The van der Waals surface area contributed by atoms with E-state index < -0.39 is 0 Å². The monoisotopic (exact) mass is 298 g/mol. The molecule has 2 heterocycles. The first-order valence-corrected chi connectivity index (χ1v) is 6.40. The van der Waals surface area contributed by atoms with Crippen molar-refractivity contribution in [1.29, 1.82) is 0 Å². The van der Waals surface area contributed by atoms with Crippen LogP contribution in [-0.2, 0) is 4.79 Å². The SMILES string of the molecule is Cl.O=C(Nc1n[nH]c2cccc(F)c12)C1CCNCC1. The molecule has 1 saturated heterocycles. The van der Waals surface area contributed by atoms with Crippen molar-refractivity contribution in [1.82, 2.24) is 15.5 Å². The summed E-state index contributed by atoms with van der Waals surface area (Å²) in [7, 11) is 0. The number of fused-ring (bicyclic) bond motifs is 1. The minimum Gasteiger partial charge on any atom is -0.317 e. The number of nitrogens with zero attached hydrogens (tertiary/aromatic N) is 1. The summed E-state index contributed by atoms with van der Waals surface area (Å²) >= 11 is 0. The summed E-state index contributed by atoms with van der Waals surface area (Å²) in [5, 5.41) is 13.0. The summed E-state index contributed by atoms with van der Waals surface area (Å²) in [4.78, 5) is 12.1. The van der Waals surface area contributed by atoms with Crippen molar-refractivity contribution in [3.05, 3.63) is 24.0 Å². The van der Waals surface area contributed by atoms with Gasteiger partial charge in [0.05, 0.1) is 10.9 Å². The molecular weight excluding hydrogens is 283 g/mol. The van der Waals surface area contributed by atoms with Crippen molar-refractivity contribution < 1.29 is 9.18 Å². The van der Waals surface area contributed by atoms with E-state index in [1.807, 2.05) is 0 Å². The van der Waals surface area contributed by atoms with Crippen LogP contribution in [0.3, 0.4) is 0 Å². The van der Waals surface area contributed by atoms with E-state index in [1.165, 1.54) is 6.07 Å². The van der Waals surface area contributed by atoms with E-state index in [2.05, 4.69) is 20.8 Å². The third-order valence-corrected chi connectivity index (χ3v) is 3.49. The lowest BCUT2D eigenvalue weighted by molar-refractivity contribution is -0.120. The van der Waals surface area contributed by atoms with Gasteiger partial charge in [0.25, 0.3) is 0 Å². The standard InChI is InChI=1S/C13H15FN4O.ClH/c14-9-2-1-3-10-11(9)12(18-17-10)16-13(19)8-4-6-15-7-5-8;/h1-3,8,15H,4-7H2,(H2,16,17,18,19);1H. The van der Waals surface area contributed by atoms with Gasteiger partial charge in [0, 0.05) is 5.92 Å². The summed E-state index contributed by atoms with van der Waals surface area (Å²) in [6.45, 7) is 1.68. The number of hydrogen-bond acceptors (Lipinski definition) is 3. The number of piperidine rings is 1. The minimum atomic E-state index is -0.383. The van der Waals surface area contributed by atoms with E-state index in [4.69, 9.17) is 0 Å². The van der Waals surface area contributed by atoms with Crippen LogP contribution in [0.4, 0.5) is 10.2 Å². The number of amides is 1. The van der Waals surface area contributed by atoms with Gasteiger partial charge in [0.15, 0.2) is 5.82 Å². The van der Waals surface area contributed by atoms with Crippen molar-refractivity contribution in [2.75, 3.05) is 18.4 Å². The van der Waals surface area contributed by atoms with Crippen LogP contribution in [0.1, 0.15) is 12.8 Å². The van der Waals surface area contributed by atoms with Gasteiger partial charge in [-0.05, 0) is 38.1 Å². The number of anilines is 1. The lowest BCUT2D eigenvalue weighted by Gasteiger charge is -2.21. The number of benzene rings is 1. The normalized spacial score (nSPS) is 15.8. The van der Waals surface area contributed by atoms with Gasteiger partial charge in [-0.3, -0.25) is 9.89 Å². The van der Waals surface area contributed by atoms with Gasteiger partial charge >= 0.3 is 0 Å². The average Bonchev–Trinajstić information content (AvgIpc) is 2.84. The fourth-order valence-corrected chi connectivity index (χ4v) is 2.42. The zero-order valence-electron chi connectivity index (χ0n) is 10.8. The van der Waals surface area contributed by atoms with E-state index in [9.17, 15) is 9.18 Å². The van der Waals surface area contributed by atoms with Gasteiger partial charge < -0.3 is 10.6 Å². The number of aromatic amines is 1. The summed E-state index contributed by atoms with van der Waals surface area (Å²) < 4.78 is 13.8. The quantitative estimate of drug-likeness (QED) is 0.795. The van der Waals surface area contributed by atoms with Crippen LogP contribution in [0.25, 0.3) is 10.9 Å². The zero-order valence-corrected chi connectivity index (χ0v) is 11.6. The van der Waals surface area contributed by atoms with Gasteiger partial charge in [-0.1, -0.05) is 6.07 Å². The molecular formula is C13H16ClFN4O. The second-order valence-corrected chi connectivity index (χ2v) is 4.75. The smallest absolute Gasteiger partial charge is 0.228 e. The molecule has 0 aliphatic carbocycles. The topological polar surface area (TPSA) is 69.8 Å². The molecule has 2 aromatic rings. The molecule has 1 aromatic carbocycles. The van der Waals surface area contributed by atoms with Crippen molar-refractivity contribution in [3.63, 3.8) is 0 Å². The molecule has 108 valence electrons. The number of aromatic nitrogens is 2. The fourth-order valence-electron chi connectivity index (χ4n) is 2.42. The van der Waals surface area contributed by atoms with Crippen molar-refractivity contribution >= 4 is 35.0 Å². The van der Waals surface area contributed by atoms with Crippen molar-refractivity contribution in [2.45, 2.75) is 12.8 Å². The Labute approximate surface area is 121 Å². The highest BCUT2D eigenvalue weighted by molar-refractivity contribution is 6.00. The first kappa shape index (κ1) is 14.7. The van der Waals surface area contributed by atoms with E-state index in [0.29, 0.717) is 10.9 Å². The van der Waals surface area contributed by atoms with E-state index in [1.54, 1.807) is 12.1 Å². The van der Waals surface area contributed by atoms with Crippen LogP contribution < -0.4 is 10.6 Å². The van der Waals surface area contributed by atoms with Crippen molar-refractivity contribution in [3.8, 4) is 0 Å². The summed E-state index contributed by atoms with van der Waals surface area (Å²) in [5.41, 5.74) is 0.584. The van der Waals surface area contributed by atoms with Gasteiger partial charge in [-0.2, -0.15) is 5.10 Å². The second kappa shape index (κ2) is 6.19. The molecule has 20 heavy (non-hydrogen) atoms. The number of nitrogens with one attached hydrogen (secondary N) is 3. The maximum absolute atomic E-state index is 13.8. The molecule has 5 nitrogen and oxygen atoms in total. The molecule has 0 bridgehead atoms. The Hall–Kier alpha value is -1.66. The van der Waals surface area contributed by atoms with E-state index in [0.717, 1.165) is 25.9 Å². The summed E-state index contributed by atoms with van der Waals surface area (Å²) in [5.74, 6) is -0.221. The largest absolute Gasteiger partial charge is 0.317 e. The fraction of sp³-hybridized carbons (Fsp3) is 0.385. The molecule has 7 heteroatoms. The Morgan fingerprint density at radius 2 is 2.10 bits per heavy atom. The van der Waals surface area contributed by atoms with Crippen LogP contribution >= 0.6 is 12.4 Å². The Balaban J connectivity index is 0.00000147. The molecule has 1 aliphatic heterocycles. The molecule has 0 atom stereocenters. The summed E-state index contributed by atoms with van der Waals surface area (Å²) in [6.07, 6.45) is 1.60. The zero-order chi connectivity index (χ0) is 13.2. The number of carbonyl (C=O) groups is 1. The number of halogens is 2. The molecule has 1 aliphatic rings. The number of carbonyl (C=O) groups excluding carboxylic acids is 1. The molecule has 3 N–H and O–H groups in total. The lowest BCUT2D eigenvalue weighted by atomic mass is 9.97. The van der Waals surface area contributed by atoms with Crippen LogP contribution in [0.15, 0.2) is 18.2 Å². The molecule has 0 radical (unpaired) electrons. The van der Waals surface area contributed by atoms with Gasteiger partial charge in [0.1, 0.15) is 5.82 Å². The molecule has 3 rings (SSSR count). The highest BCUT2D eigenvalue weighted by Crippen LogP contribution is 2.24. The number of H-pyrrole nitrogens is 1.